The molecule has 0 aliphatic heterocycles. The van der Waals surface area contributed by atoms with Crippen LogP contribution in [-0.2, 0) is 20.4 Å². The molecule has 1 atom stereocenters. The Labute approximate surface area is 133 Å². The van der Waals surface area contributed by atoms with Crippen LogP contribution in [0.5, 0.6) is 5.75 Å². The minimum absolute atomic E-state index is 0.189. The van der Waals surface area contributed by atoms with E-state index in [-0.39, 0.29) is 5.75 Å². The van der Waals surface area contributed by atoms with Crippen molar-refractivity contribution in [2.45, 2.75) is 50.7 Å². The van der Waals surface area contributed by atoms with Gasteiger partial charge in [-0.05, 0) is 44.9 Å². The third kappa shape index (κ3) is 5.02. The first kappa shape index (κ1) is 18.5. The van der Waals surface area contributed by atoms with Crippen LogP contribution in [0, 0.1) is 0 Å². The van der Waals surface area contributed by atoms with Gasteiger partial charge in [-0.3, -0.25) is 4.79 Å². The minimum Gasteiger partial charge on any atom is -0.497 e. The summed E-state index contributed by atoms with van der Waals surface area (Å²) in [5.41, 5.74) is 0.186. The summed E-state index contributed by atoms with van der Waals surface area (Å²) in [6.45, 7) is 7.10. The third-order valence-corrected chi connectivity index (χ3v) is 5.78. The molecule has 0 spiro atoms. The first-order valence-electron chi connectivity index (χ1n) is 7.28. The van der Waals surface area contributed by atoms with E-state index >= 15 is 0 Å². The maximum absolute atomic E-state index is 12.4. The van der Waals surface area contributed by atoms with Crippen LogP contribution in [-0.4, -0.2) is 32.2 Å². The van der Waals surface area contributed by atoms with E-state index in [0.29, 0.717) is 11.3 Å². The third-order valence-electron chi connectivity index (χ3n) is 3.76. The predicted molar refractivity (Wildman–Crippen MR) is 87.6 cm³/mol. The van der Waals surface area contributed by atoms with Gasteiger partial charge in [0.2, 0.25) is 5.91 Å². The van der Waals surface area contributed by atoms with Gasteiger partial charge in [-0.25, -0.2) is 8.42 Å². The molecule has 5 nitrogen and oxygen atoms in total. The number of amides is 1. The van der Waals surface area contributed by atoms with Crippen molar-refractivity contribution < 1.29 is 17.9 Å². The molecule has 1 N–H and O–H groups in total. The van der Waals surface area contributed by atoms with Gasteiger partial charge in [0.15, 0.2) is 9.84 Å². The quantitative estimate of drug-likeness (QED) is 0.834. The highest BCUT2D eigenvalue weighted by Crippen LogP contribution is 2.18. The topological polar surface area (TPSA) is 72.5 Å². The van der Waals surface area contributed by atoms with Crippen LogP contribution in [0.2, 0.25) is 0 Å². The Kier molecular flexibility index (Phi) is 6.00. The molecular weight excluding hydrogens is 302 g/mol. The van der Waals surface area contributed by atoms with Crippen molar-refractivity contribution in [2.75, 3.05) is 7.11 Å². The lowest BCUT2D eigenvalue weighted by Gasteiger charge is -2.26. The van der Waals surface area contributed by atoms with Crippen LogP contribution in [0.25, 0.3) is 0 Å². The lowest BCUT2D eigenvalue weighted by Crippen LogP contribution is -2.48. The predicted octanol–water partition coefficient (Wildman–Crippen LogP) is 2.30. The minimum atomic E-state index is -3.59. The molecule has 0 bridgehead atoms. The molecule has 0 aliphatic rings. The van der Waals surface area contributed by atoms with Gasteiger partial charge in [-0.2, -0.15) is 0 Å². The second-order valence-corrected chi connectivity index (χ2v) is 8.35. The number of rotatable bonds is 7. The van der Waals surface area contributed by atoms with Crippen molar-refractivity contribution >= 4 is 15.7 Å². The van der Waals surface area contributed by atoms with E-state index in [1.807, 2.05) is 20.8 Å². The van der Waals surface area contributed by atoms with Crippen LogP contribution < -0.4 is 10.1 Å². The Bertz CT molecular complexity index is 623. The van der Waals surface area contributed by atoms with E-state index in [1.54, 1.807) is 24.3 Å². The Morgan fingerprint density at radius 3 is 2.55 bits per heavy atom. The zero-order chi connectivity index (χ0) is 17.0. The molecule has 0 aliphatic carbocycles. The average molecular weight is 327 g/mol. The smallest absolute Gasteiger partial charge is 0.238 e. The van der Waals surface area contributed by atoms with E-state index in [1.165, 1.54) is 14.0 Å². The fraction of sp³-hybridized carbons (Fsp3) is 0.562. The SMILES string of the molecule is CCC(C)(C)NC(=O)C(C)S(=O)(=O)Cc1cccc(OC)c1. The number of carbonyl (C=O) groups excluding carboxylic acids is 1. The van der Waals surface area contributed by atoms with E-state index in [0.717, 1.165) is 6.42 Å². The first-order chi connectivity index (χ1) is 10.1. The number of sulfone groups is 1. The summed E-state index contributed by atoms with van der Waals surface area (Å²) in [6, 6.07) is 6.85. The second-order valence-electron chi connectivity index (χ2n) is 6.03. The van der Waals surface area contributed by atoms with E-state index in [9.17, 15) is 13.2 Å². The Morgan fingerprint density at radius 2 is 2.00 bits per heavy atom. The van der Waals surface area contributed by atoms with Crippen molar-refractivity contribution in [3.05, 3.63) is 29.8 Å². The maximum atomic E-state index is 12.4. The van der Waals surface area contributed by atoms with Gasteiger partial charge in [-0.15, -0.1) is 0 Å². The standard InChI is InChI=1S/C16H25NO4S/c1-6-16(3,4)17-15(18)12(2)22(19,20)11-13-8-7-9-14(10-13)21-5/h7-10,12H,6,11H2,1-5H3,(H,17,18). The summed E-state index contributed by atoms with van der Waals surface area (Å²) < 4.78 is 29.9. The van der Waals surface area contributed by atoms with Crippen LogP contribution >= 0.6 is 0 Å². The van der Waals surface area contributed by atoms with Gasteiger partial charge in [0.05, 0.1) is 12.9 Å². The molecule has 124 valence electrons. The molecule has 0 radical (unpaired) electrons. The van der Waals surface area contributed by atoms with Crippen LogP contribution in [0.3, 0.4) is 0 Å². The van der Waals surface area contributed by atoms with Gasteiger partial charge in [0.1, 0.15) is 11.0 Å². The van der Waals surface area contributed by atoms with Crippen molar-refractivity contribution in [3.63, 3.8) is 0 Å². The molecule has 0 fully saturated rings. The molecule has 1 aromatic carbocycles. The zero-order valence-corrected chi connectivity index (χ0v) is 14.7. The fourth-order valence-electron chi connectivity index (χ4n) is 1.81. The maximum Gasteiger partial charge on any atom is 0.238 e. The number of nitrogens with one attached hydrogen (secondary N) is 1. The summed E-state index contributed by atoms with van der Waals surface area (Å²) in [5.74, 6) is -0.0580. The fourth-order valence-corrected chi connectivity index (χ4v) is 3.09. The molecule has 22 heavy (non-hydrogen) atoms. The molecular formula is C16H25NO4S. The lowest BCUT2D eigenvalue weighted by atomic mass is 10.0. The molecule has 0 saturated heterocycles. The van der Waals surface area contributed by atoms with E-state index < -0.39 is 26.5 Å². The highest BCUT2D eigenvalue weighted by Gasteiger charge is 2.31. The lowest BCUT2D eigenvalue weighted by molar-refractivity contribution is -0.122. The highest BCUT2D eigenvalue weighted by molar-refractivity contribution is 7.92. The first-order valence-corrected chi connectivity index (χ1v) is 8.99. The van der Waals surface area contributed by atoms with E-state index in [2.05, 4.69) is 5.32 Å². The Hall–Kier alpha value is -1.56. The molecule has 1 unspecified atom stereocenters. The molecule has 0 aromatic heterocycles. The molecule has 1 rings (SSSR count). The van der Waals surface area contributed by atoms with Gasteiger partial charge >= 0.3 is 0 Å². The molecule has 0 saturated carbocycles. The van der Waals surface area contributed by atoms with Crippen molar-refractivity contribution in [1.82, 2.24) is 5.32 Å². The molecule has 1 aromatic rings. The molecule has 1 amide bonds. The summed E-state index contributed by atoms with van der Waals surface area (Å²) in [5, 5.41) is 1.68. The average Bonchev–Trinajstić information content (AvgIpc) is 2.45. The number of carbonyl (C=O) groups is 1. The van der Waals surface area contributed by atoms with Crippen molar-refractivity contribution in [1.29, 1.82) is 0 Å². The van der Waals surface area contributed by atoms with Crippen molar-refractivity contribution in [2.24, 2.45) is 0 Å². The van der Waals surface area contributed by atoms with Gasteiger partial charge in [0.25, 0.3) is 0 Å². The number of ether oxygens (including phenoxy) is 1. The van der Waals surface area contributed by atoms with E-state index in [4.69, 9.17) is 4.74 Å². The normalized spacial score (nSPS) is 13.5. The van der Waals surface area contributed by atoms with Gasteiger partial charge < -0.3 is 10.1 Å². The van der Waals surface area contributed by atoms with Crippen LogP contribution in [0.4, 0.5) is 0 Å². The largest absolute Gasteiger partial charge is 0.497 e. The van der Waals surface area contributed by atoms with Crippen LogP contribution in [0.1, 0.15) is 39.7 Å². The van der Waals surface area contributed by atoms with Gasteiger partial charge in [0, 0.05) is 5.54 Å². The number of hydrogen-bond acceptors (Lipinski definition) is 4. The number of benzene rings is 1. The summed E-state index contributed by atoms with van der Waals surface area (Å²) >= 11 is 0. The summed E-state index contributed by atoms with van der Waals surface area (Å²) in [7, 11) is -2.06. The summed E-state index contributed by atoms with van der Waals surface area (Å²) in [6.07, 6.45) is 0.724. The van der Waals surface area contributed by atoms with Gasteiger partial charge in [-0.1, -0.05) is 19.1 Å². The Morgan fingerprint density at radius 1 is 1.36 bits per heavy atom. The molecule has 6 heteroatoms. The molecule has 0 heterocycles. The Balaban J connectivity index is 2.86. The number of hydrogen-bond donors (Lipinski definition) is 1. The second kappa shape index (κ2) is 7.13. The summed E-state index contributed by atoms with van der Waals surface area (Å²) in [4.78, 5) is 12.2. The van der Waals surface area contributed by atoms with Crippen LogP contribution in [0.15, 0.2) is 24.3 Å². The zero-order valence-electron chi connectivity index (χ0n) is 13.8. The highest BCUT2D eigenvalue weighted by atomic mass is 32.2. The monoisotopic (exact) mass is 327 g/mol. The van der Waals surface area contributed by atoms with Crippen molar-refractivity contribution in [3.8, 4) is 5.75 Å². The number of methoxy groups -OCH3 is 1.